The first-order valence-corrected chi connectivity index (χ1v) is 9.00. The van der Waals surface area contributed by atoms with E-state index >= 15 is 0 Å². The largest absolute Gasteiger partial charge is 0.486 e. The molecular weight excluding hydrogens is 366 g/mol. The SMILES string of the molecule is O=c1c(Cl)c(NCC2COc3ccccc3O2)cnn1Cc1ccccc1. The molecule has 1 aliphatic heterocycles. The molecule has 2 heterocycles. The van der Waals surface area contributed by atoms with E-state index in [0.717, 1.165) is 11.3 Å². The molecule has 0 saturated heterocycles. The van der Waals surface area contributed by atoms with Crippen LogP contribution in [0, 0.1) is 0 Å². The van der Waals surface area contributed by atoms with Crippen LogP contribution in [0.3, 0.4) is 0 Å². The number of benzene rings is 2. The highest BCUT2D eigenvalue weighted by Gasteiger charge is 2.21. The Balaban J connectivity index is 1.43. The van der Waals surface area contributed by atoms with Gasteiger partial charge in [-0.1, -0.05) is 54.1 Å². The fraction of sp³-hybridized carbons (Fsp3) is 0.200. The van der Waals surface area contributed by atoms with Crippen LogP contribution < -0.4 is 20.3 Å². The van der Waals surface area contributed by atoms with Gasteiger partial charge in [0.15, 0.2) is 11.5 Å². The van der Waals surface area contributed by atoms with E-state index in [9.17, 15) is 4.79 Å². The first kappa shape index (κ1) is 17.4. The molecule has 3 aromatic rings. The average Bonchev–Trinajstić information content (AvgIpc) is 2.71. The molecule has 1 aliphatic rings. The maximum atomic E-state index is 12.5. The predicted octanol–water partition coefficient (Wildman–Crippen LogP) is 3.20. The lowest BCUT2D eigenvalue weighted by Crippen LogP contribution is -2.35. The number of halogens is 1. The third-order valence-electron chi connectivity index (χ3n) is 4.25. The molecule has 0 saturated carbocycles. The number of ether oxygens (including phenoxy) is 2. The Morgan fingerprint density at radius 3 is 2.67 bits per heavy atom. The van der Waals surface area contributed by atoms with Crippen LogP contribution in [-0.4, -0.2) is 29.0 Å². The van der Waals surface area contributed by atoms with Gasteiger partial charge in [0.1, 0.15) is 17.7 Å². The molecule has 0 bridgehead atoms. The van der Waals surface area contributed by atoms with Crippen molar-refractivity contribution in [1.29, 1.82) is 0 Å². The first-order valence-electron chi connectivity index (χ1n) is 8.62. The summed E-state index contributed by atoms with van der Waals surface area (Å²) in [7, 11) is 0. The first-order chi connectivity index (χ1) is 13.2. The molecule has 7 heteroatoms. The molecule has 4 rings (SSSR count). The van der Waals surface area contributed by atoms with Gasteiger partial charge in [0.25, 0.3) is 5.56 Å². The highest BCUT2D eigenvalue weighted by atomic mass is 35.5. The summed E-state index contributed by atoms with van der Waals surface area (Å²) in [5.41, 5.74) is 1.13. The summed E-state index contributed by atoms with van der Waals surface area (Å²) in [6, 6.07) is 17.2. The van der Waals surface area contributed by atoms with Crippen molar-refractivity contribution in [3.8, 4) is 11.5 Å². The fourth-order valence-corrected chi connectivity index (χ4v) is 3.06. The second-order valence-corrected chi connectivity index (χ2v) is 6.58. The Labute approximate surface area is 161 Å². The molecule has 0 aliphatic carbocycles. The standard InChI is InChI=1S/C20H18ClN3O3/c21-19-16(11-23-24(20(19)25)12-14-6-2-1-3-7-14)22-10-15-13-26-17-8-4-5-9-18(17)27-15/h1-9,11,15,22H,10,12-13H2. The van der Waals surface area contributed by atoms with Crippen LogP contribution in [0.25, 0.3) is 0 Å². The summed E-state index contributed by atoms with van der Waals surface area (Å²) in [6.07, 6.45) is 1.37. The molecule has 27 heavy (non-hydrogen) atoms. The maximum Gasteiger partial charge on any atom is 0.287 e. The van der Waals surface area contributed by atoms with E-state index in [-0.39, 0.29) is 16.7 Å². The van der Waals surface area contributed by atoms with Gasteiger partial charge in [0.05, 0.1) is 25.0 Å². The second-order valence-electron chi connectivity index (χ2n) is 6.20. The van der Waals surface area contributed by atoms with Crippen molar-refractivity contribution in [1.82, 2.24) is 9.78 Å². The molecule has 6 nitrogen and oxygen atoms in total. The third kappa shape index (κ3) is 3.90. The Hall–Kier alpha value is -2.99. The van der Waals surface area contributed by atoms with Crippen LogP contribution in [0.5, 0.6) is 11.5 Å². The molecule has 2 aromatic carbocycles. The maximum absolute atomic E-state index is 12.5. The van der Waals surface area contributed by atoms with Crippen LogP contribution in [-0.2, 0) is 6.54 Å². The molecule has 1 unspecified atom stereocenters. The van der Waals surface area contributed by atoms with Gasteiger partial charge in [-0.15, -0.1) is 0 Å². The van der Waals surface area contributed by atoms with Gasteiger partial charge in [-0.05, 0) is 17.7 Å². The van der Waals surface area contributed by atoms with Crippen LogP contribution in [0.15, 0.2) is 65.6 Å². The molecule has 1 atom stereocenters. The van der Waals surface area contributed by atoms with Gasteiger partial charge in [-0.25, -0.2) is 4.68 Å². The Kier molecular flexibility index (Phi) is 4.98. The number of fused-ring (bicyclic) bond motifs is 1. The minimum Gasteiger partial charge on any atom is -0.486 e. The fourth-order valence-electron chi connectivity index (χ4n) is 2.84. The number of hydrogen-bond donors (Lipinski definition) is 1. The number of rotatable bonds is 5. The Morgan fingerprint density at radius 2 is 1.85 bits per heavy atom. The summed E-state index contributed by atoms with van der Waals surface area (Å²) in [5.74, 6) is 1.44. The van der Waals surface area contributed by atoms with Crippen molar-refractivity contribution in [3.63, 3.8) is 0 Å². The van der Waals surface area contributed by atoms with Crippen LogP contribution in [0.2, 0.25) is 5.02 Å². The van der Waals surface area contributed by atoms with E-state index in [1.807, 2.05) is 54.6 Å². The molecular formula is C20H18ClN3O3. The summed E-state index contributed by atoms with van der Waals surface area (Å²) < 4.78 is 12.9. The Morgan fingerprint density at radius 1 is 1.11 bits per heavy atom. The van der Waals surface area contributed by atoms with Gasteiger partial charge in [-0.3, -0.25) is 4.79 Å². The lowest BCUT2D eigenvalue weighted by molar-refractivity contribution is 0.0997. The second kappa shape index (κ2) is 7.72. The van der Waals surface area contributed by atoms with Crippen LogP contribution in [0.4, 0.5) is 5.69 Å². The van der Waals surface area contributed by atoms with Crippen LogP contribution in [0.1, 0.15) is 5.56 Å². The van der Waals surface area contributed by atoms with Gasteiger partial charge in [0, 0.05) is 0 Å². The van der Waals surface area contributed by atoms with Crippen molar-refractivity contribution in [3.05, 3.63) is 81.7 Å². The lowest BCUT2D eigenvalue weighted by Gasteiger charge is -2.26. The van der Waals surface area contributed by atoms with Crippen molar-refractivity contribution in [2.24, 2.45) is 0 Å². The molecule has 0 radical (unpaired) electrons. The third-order valence-corrected chi connectivity index (χ3v) is 4.61. The quantitative estimate of drug-likeness (QED) is 0.733. The van der Waals surface area contributed by atoms with Crippen molar-refractivity contribution >= 4 is 17.3 Å². The average molecular weight is 384 g/mol. The summed E-state index contributed by atoms with van der Waals surface area (Å²) >= 11 is 6.26. The summed E-state index contributed by atoms with van der Waals surface area (Å²) in [4.78, 5) is 12.5. The molecule has 1 N–H and O–H groups in total. The van der Waals surface area contributed by atoms with E-state index in [1.54, 1.807) is 6.20 Å². The minimum absolute atomic E-state index is 0.109. The summed E-state index contributed by atoms with van der Waals surface area (Å²) in [5, 5.41) is 7.46. The van der Waals surface area contributed by atoms with Crippen molar-refractivity contribution < 1.29 is 9.47 Å². The molecule has 138 valence electrons. The Bertz CT molecular complexity index is 991. The molecule has 0 spiro atoms. The molecule has 0 fully saturated rings. The monoisotopic (exact) mass is 383 g/mol. The van der Waals surface area contributed by atoms with Crippen molar-refractivity contribution in [2.75, 3.05) is 18.5 Å². The number of nitrogens with one attached hydrogen (secondary N) is 1. The number of hydrogen-bond acceptors (Lipinski definition) is 5. The zero-order valence-corrected chi connectivity index (χ0v) is 15.2. The van der Waals surface area contributed by atoms with E-state index < -0.39 is 0 Å². The number of anilines is 1. The zero-order chi connectivity index (χ0) is 18.6. The van der Waals surface area contributed by atoms with Gasteiger partial charge in [0.2, 0.25) is 0 Å². The minimum atomic E-state index is -0.336. The van der Waals surface area contributed by atoms with E-state index in [2.05, 4.69) is 10.4 Å². The van der Waals surface area contributed by atoms with Crippen molar-refractivity contribution in [2.45, 2.75) is 12.6 Å². The zero-order valence-electron chi connectivity index (χ0n) is 14.5. The summed E-state index contributed by atoms with van der Waals surface area (Å²) in [6.45, 7) is 1.23. The number of nitrogens with zero attached hydrogens (tertiary/aromatic N) is 2. The van der Waals surface area contributed by atoms with E-state index in [4.69, 9.17) is 21.1 Å². The number of para-hydroxylation sites is 2. The lowest BCUT2D eigenvalue weighted by atomic mass is 10.2. The topological polar surface area (TPSA) is 65.4 Å². The van der Waals surface area contributed by atoms with E-state index in [1.165, 1.54) is 4.68 Å². The van der Waals surface area contributed by atoms with Gasteiger partial charge in [-0.2, -0.15) is 5.10 Å². The van der Waals surface area contributed by atoms with Gasteiger partial charge >= 0.3 is 0 Å². The molecule has 0 amide bonds. The smallest absolute Gasteiger partial charge is 0.287 e. The van der Waals surface area contributed by atoms with E-state index in [0.29, 0.717) is 31.1 Å². The number of aromatic nitrogens is 2. The van der Waals surface area contributed by atoms with Crippen LogP contribution >= 0.6 is 11.6 Å². The normalized spacial score (nSPS) is 15.4. The molecule has 1 aromatic heterocycles. The van der Waals surface area contributed by atoms with Gasteiger partial charge < -0.3 is 14.8 Å². The highest BCUT2D eigenvalue weighted by molar-refractivity contribution is 6.32. The highest BCUT2D eigenvalue weighted by Crippen LogP contribution is 2.31. The predicted molar refractivity (Wildman–Crippen MR) is 104 cm³/mol.